The fourth-order valence-electron chi connectivity index (χ4n) is 10.9. The molecule has 4 aliphatic carbocycles. The van der Waals surface area contributed by atoms with Crippen molar-refractivity contribution in [2.45, 2.75) is 76.3 Å². The van der Waals surface area contributed by atoms with Gasteiger partial charge in [0.15, 0.2) is 5.78 Å². The minimum Gasteiger partial charge on any atom is -0.458 e. The van der Waals surface area contributed by atoms with Gasteiger partial charge in [0.1, 0.15) is 16.8 Å². The van der Waals surface area contributed by atoms with Gasteiger partial charge in [0.25, 0.3) is 0 Å². The van der Waals surface area contributed by atoms with Crippen LogP contribution in [-0.2, 0) is 24.7 Å². The molecule has 6 heteroatoms. The molecule has 0 aromatic heterocycles. The van der Waals surface area contributed by atoms with Crippen LogP contribution in [0.2, 0.25) is 0 Å². The van der Waals surface area contributed by atoms with Crippen LogP contribution in [0.15, 0.2) is 151 Å². The van der Waals surface area contributed by atoms with Crippen LogP contribution in [-0.4, -0.2) is 45.4 Å². The van der Waals surface area contributed by atoms with Crippen LogP contribution in [0.3, 0.4) is 0 Å². The molecule has 294 valence electrons. The lowest BCUT2D eigenvalue weighted by Crippen LogP contribution is -2.61. The highest BCUT2D eigenvalue weighted by atomic mass is 16.6. The second-order valence-corrected chi connectivity index (χ2v) is 17.6. The average molecular weight is 763 g/mol. The van der Waals surface area contributed by atoms with Gasteiger partial charge in [-0.2, -0.15) is 0 Å². The first-order valence-corrected chi connectivity index (χ1v) is 20.4. The molecule has 0 amide bonds. The number of hydrogen-bond donors (Lipinski definition) is 2. The van der Waals surface area contributed by atoms with Gasteiger partial charge in [0.2, 0.25) is 0 Å². The first-order valence-electron chi connectivity index (χ1n) is 20.4. The van der Waals surface area contributed by atoms with E-state index in [2.05, 4.69) is 56.3 Å². The minimum absolute atomic E-state index is 0.00897. The topological polar surface area (TPSA) is 93.1 Å². The number of ether oxygens (including phenoxy) is 2. The summed E-state index contributed by atoms with van der Waals surface area (Å²) in [6, 6.07) is 40.4. The summed E-state index contributed by atoms with van der Waals surface area (Å²) in [5, 5.41) is 25.8. The van der Waals surface area contributed by atoms with Gasteiger partial charge in [-0.25, -0.2) is 0 Å². The summed E-state index contributed by atoms with van der Waals surface area (Å²) in [4.78, 5) is 28.0. The molecule has 8 rings (SSSR count). The lowest BCUT2D eigenvalue weighted by Gasteiger charge is -2.50. The number of allylic oxidation sites excluding steroid dienone is 1. The molecule has 4 aromatic carbocycles. The fraction of sp³-hybridized carbons (Fsp3) is 0.373. The highest BCUT2D eigenvalue weighted by molar-refractivity contribution is 6.04. The van der Waals surface area contributed by atoms with Gasteiger partial charge in [0.05, 0.1) is 18.1 Å². The highest BCUT2D eigenvalue weighted by Gasteiger charge is 2.83. The number of hydrogen-bond acceptors (Lipinski definition) is 6. The second-order valence-electron chi connectivity index (χ2n) is 17.6. The molecule has 0 unspecified atom stereocenters. The normalized spacial score (nSPS) is 30.6. The van der Waals surface area contributed by atoms with Gasteiger partial charge in [-0.1, -0.05) is 173 Å². The molecular weight excluding hydrogens is 709 g/mol. The highest BCUT2D eigenvalue weighted by Crippen LogP contribution is 2.76. The summed E-state index contributed by atoms with van der Waals surface area (Å²) in [5.74, 6) is -3.05. The van der Waals surface area contributed by atoms with Crippen molar-refractivity contribution in [3.05, 3.63) is 173 Å². The quantitative estimate of drug-likeness (QED) is 0.0900. The van der Waals surface area contributed by atoms with Crippen molar-refractivity contribution in [2.75, 3.05) is 6.61 Å². The Kier molecular flexibility index (Phi) is 9.91. The van der Waals surface area contributed by atoms with Crippen LogP contribution >= 0.6 is 0 Å². The van der Waals surface area contributed by atoms with E-state index in [0.717, 1.165) is 27.8 Å². The fourth-order valence-corrected chi connectivity index (χ4v) is 10.9. The van der Waals surface area contributed by atoms with E-state index < -0.39 is 45.6 Å². The average Bonchev–Trinajstić information content (AvgIpc) is 3.63. The third kappa shape index (κ3) is 6.19. The Hall–Kier alpha value is -4.88. The number of aliphatic hydroxyl groups is 2. The number of rotatable bonds is 11. The maximum absolute atomic E-state index is 14.1. The lowest BCUT2D eigenvalue weighted by atomic mass is 9.60. The third-order valence-electron chi connectivity index (χ3n) is 14.0. The molecule has 0 bridgehead atoms. The Labute approximate surface area is 337 Å². The first-order chi connectivity index (χ1) is 27.3. The number of ketones is 1. The summed E-state index contributed by atoms with van der Waals surface area (Å²) >= 11 is 0. The van der Waals surface area contributed by atoms with Crippen molar-refractivity contribution in [1.82, 2.24) is 0 Å². The molecule has 0 saturated heterocycles. The maximum Gasteiger partial charge on any atom is 0.309 e. The number of carbonyl (C=O) groups excluding carboxylic acids is 2. The molecule has 4 aromatic rings. The monoisotopic (exact) mass is 762 g/mol. The van der Waals surface area contributed by atoms with E-state index in [1.54, 1.807) is 13.0 Å². The number of carbonyl (C=O) groups is 2. The van der Waals surface area contributed by atoms with Gasteiger partial charge in [0, 0.05) is 29.6 Å². The Morgan fingerprint density at radius 3 is 1.91 bits per heavy atom. The maximum atomic E-state index is 14.1. The van der Waals surface area contributed by atoms with Gasteiger partial charge in [-0.3, -0.25) is 9.59 Å². The van der Waals surface area contributed by atoms with Crippen LogP contribution in [0.4, 0.5) is 0 Å². The Morgan fingerprint density at radius 2 is 1.37 bits per heavy atom. The van der Waals surface area contributed by atoms with E-state index in [0.29, 0.717) is 18.4 Å². The minimum atomic E-state index is -1.86. The summed E-state index contributed by atoms with van der Waals surface area (Å²) in [6.07, 6.45) is 8.87. The summed E-state index contributed by atoms with van der Waals surface area (Å²) in [7, 11) is 0. The van der Waals surface area contributed by atoms with Crippen LogP contribution in [0.25, 0.3) is 6.08 Å². The molecule has 2 saturated carbocycles. The van der Waals surface area contributed by atoms with Crippen LogP contribution in [0.1, 0.15) is 76.1 Å². The number of benzene rings is 4. The summed E-state index contributed by atoms with van der Waals surface area (Å²) < 4.78 is 13.9. The molecule has 2 fully saturated rings. The van der Waals surface area contributed by atoms with Gasteiger partial charge >= 0.3 is 5.97 Å². The van der Waals surface area contributed by atoms with E-state index in [1.165, 1.54) is 0 Å². The third-order valence-corrected chi connectivity index (χ3v) is 14.0. The molecule has 0 spiro atoms. The van der Waals surface area contributed by atoms with Crippen molar-refractivity contribution in [3.8, 4) is 0 Å². The molecule has 0 aliphatic heterocycles. The number of esters is 1. The molecule has 4 aliphatic rings. The van der Waals surface area contributed by atoms with E-state index in [4.69, 9.17) is 9.47 Å². The molecule has 2 N–H and O–H groups in total. The molecule has 6 nitrogen and oxygen atoms in total. The zero-order valence-corrected chi connectivity index (χ0v) is 33.6. The zero-order chi connectivity index (χ0) is 40.2. The second kappa shape index (κ2) is 14.5. The Morgan fingerprint density at radius 1 is 0.842 bits per heavy atom. The zero-order valence-electron chi connectivity index (χ0n) is 33.6. The number of fused-ring (bicyclic) bond motifs is 5. The van der Waals surface area contributed by atoms with Gasteiger partial charge in [-0.15, -0.1) is 0 Å². The first kappa shape index (κ1) is 39.0. The van der Waals surface area contributed by atoms with Gasteiger partial charge in [-0.05, 0) is 59.1 Å². The van der Waals surface area contributed by atoms with Crippen molar-refractivity contribution >= 4 is 17.8 Å². The summed E-state index contributed by atoms with van der Waals surface area (Å²) in [6.45, 7) is 9.93. The smallest absolute Gasteiger partial charge is 0.309 e. The van der Waals surface area contributed by atoms with E-state index >= 15 is 0 Å². The predicted octanol–water partition coefficient (Wildman–Crippen LogP) is 9.27. The van der Waals surface area contributed by atoms with E-state index in [-0.39, 0.29) is 36.6 Å². The Balaban J connectivity index is 1.18. The SMILES string of the molecule is CC1=C[C@H]2[C@@]3(O)[C@H](C)C[C@]4(OC(=O)[C@@H](C)C/C=C/c5ccccc5)[C@H]([C@@H]3C=C(COC(c3ccccc3)(c3ccccc3)c3ccccc3)C[C@]2(O)C1=O)C4(C)C. The molecule has 8 atom stereocenters. The van der Waals surface area contributed by atoms with Crippen molar-refractivity contribution in [1.29, 1.82) is 0 Å². The summed E-state index contributed by atoms with van der Waals surface area (Å²) in [5.41, 5.74) is -0.636. The molecule has 0 heterocycles. The van der Waals surface area contributed by atoms with Crippen molar-refractivity contribution in [2.24, 2.45) is 35.0 Å². The van der Waals surface area contributed by atoms with E-state index in [9.17, 15) is 19.8 Å². The van der Waals surface area contributed by atoms with E-state index in [1.807, 2.05) is 111 Å². The van der Waals surface area contributed by atoms with Crippen molar-refractivity contribution in [3.63, 3.8) is 0 Å². The van der Waals surface area contributed by atoms with Crippen LogP contribution < -0.4 is 0 Å². The Bertz CT molecular complexity index is 2110. The molecule has 0 radical (unpaired) electrons. The standard InChI is InChI=1S/C51H54O6/c1-34(19-18-22-37-20-10-6-11-21-37)46(53)57-49-31-36(3)50(55)42(44(49)47(49,4)5)30-38(32-48(54)43(50)29-35(2)45(48)52)33-56-51(39-23-12-7-13-24-39,40-25-14-8-15-26-40)41-27-16-9-17-28-41/h6-18,20-30,34,36,42-44,54-55H,19,31-33H2,1-5H3/b22-18+/t34-,36+,42-,43+,44+,48+,49-,50+/m0/s1. The van der Waals surface area contributed by atoms with Crippen molar-refractivity contribution < 1.29 is 29.3 Å². The molecular formula is C51H54O6. The largest absolute Gasteiger partial charge is 0.458 e. The van der Waals surface area contributed by atoms with Crippen LogP contribution in [0.5, 0.6) is 0 Å². The lowest BCUT2D eigenvalue weighted by molar-refractivity contribution is -0.188. The number of Topliss-reactive ketones (excluding diaryl/α,β-unsaturated/α-hetero) is 1. The molecule has 57 heavy (non-hydrogen) atoms. The van der Waals surface area contributed by atoms with Crippen LogP contribution in [0, 0.1) is 35.0 Å². The predicted molar refractivity (Wildman–Crippen MR) is 223 cm³/mol. The van der Waals surface area contributed by atoms with Gasteiger partial charge < -0.3 is 19.7 Å².